The third-order valence-electron chi connectivity index (χ3n) is 5.58. The van der Waals surface area contributed by atoms with Crippen molar-refractivity contribution in [3.8, 4) is 0 Å². The van der Waals surface area contributed by atoms with Gasteiger partial charge in [0.15, 0.2) is 0 Å². The Labute approximate surface area is 178 Å². The average Bonchev–Trinajstić information content (AvgIpc) is 3.23. The second-order valence-corrected chi connectivity index (χ2v) is 8.24. The van der Waals surface area contributed by atoms with E-state index in [1.165, 1.54) is 0 Å². The van der Waals surface area contributed by atoms with Crippen molar-refractivity contribution in [2.45, 2.75) is 64.1 Å². The predicted molar refractivity (Wildman–Crippen MR) is 117 cm³/mol. The van der Waals surface area contributed by atoms with Crippen molar-refractivity contribution in [1.29, 1.82) is 0 Å². The minimum Gasteiger partial charge on any atom is -0.352 e. The Morgan fingerprint density at radius 2 is 1.76 bits per heavy atom. The molecule has 0 saturated heterocycles. The molecule has 29 heavy (non-hydrogen) atoms. The molecule has 4 nitrogen and oxygen atoms in total. The van der Waals surface area contributed by atoms with E-state index in [0.29, 0.717) is 24.4 Å². The summed E-state index contributed by atoms with van der Waals surface area (Å²) in [7, 11) is 0. The Morgan fingerprint density at radius 1 is 1.07 bits per heavy atom. The molecule has 0 heterocycles. The molecular weight excluding hydrogens is 384 g/mol. The highest BCUT2D eigenvalue weighted by Crippen LogP contribution is 2.19. The molecule has 154 valence electrons. The Morgan fingerprint density at radius 3 is 2.45 bits per heavy atom. The van der Waals surface area contributed by atoms with Crippen LogP contribution in [0, 0.1) is 0 Å². The summed E-state index contributed by atoms with van der Waals surface area (Å²) in [5.41, 5.74) is 2.04. The molecule has 0 radical (unpaired) electrons. The Balaban J connectivity index is 1.70. The van der Waals surface area contributed by atoms with Crippen LogP contribution in [0.5, 0.6) is 0 Å². The Kier molecular flexibility index (Phi) is 7.70. The minimum absolute atomic E-state index is 0.0251. The standard InChI is InChI=1S/C24H29ClN2O2/c1-18(24(29)26-22-12-5-6-13-22)27(17-20-10-7-11-21(25)16-20)23(28)15-14-19-8-3-2-4-9-19/h2-4,7-11,16,18,22H,5-6,12-15,17H2,1H3,(H,26,29)/t18-/m1/s1. The summed E-state index contributed by atoms with van der Waals surface area (Å²) in [6.45, 7) is 2.18. The second-order valence-electron chi connectivity index (χ2n) is 7.80. The maximum absolute atomic E-state index is 13.1. The van der Waals surface area contributed by atoms with E-state index in [1.54, 1.807) is 4.90 Å². The van der Waals surface area contributed by atoms with Crippen LogP contribution in [0.3, 0.4) is 0 Å². The van der Waals surface area contributed by atoms with Crippen LogP contribution in [0.1, 0.15) is 50.2 Å². The lowest BCUT2D eigenvalue weighted by Gasteiger charge is -2.30. The molecule has 2 amide bonds. The van der Waals surface area contributed by atoms with Crippen molar-refractivity contribution in [2.75, 3.05) is 0 Å². The highest BCUT2D eigenvalue weighted by atomic mass is 35.5. The van der Waals surface area contributed by atoms with Gasteiger partial charge in [-0.2, -0.15) is 0 Å². The normalized spacial score (nSPS) is 15.1. The quantitative estimate of drug-likeness (QED) is 0.680. The van der Waals surface area contributed by atoms with Crippen molar-refractivity contribution in [3.05, 3.63) is 70.7 Å². The molecule has 0 aliphatic heterocycles. The molecule has 2 aromatic rings. The zero-order valence-electron chi connectivity index (χ0n) is 16.9. The monoisotopic (exact) mass is 412 g/mol. The first-order chi connectivity index (χ1) is 14.0. The molecule has 1 aliphatic rings. The van der Waals surface area contributed by atoms with Crippen molar-refractivity contribution in [2.24, 2.45) is 0 Å². The summed E-state index contributed by atoms with van der Waals surface area (Å²) in [6.07, 6.45) is 5.38. The maximum atomic E-state index is 13.1. The van der Waals surface area contributed by atoms with Gasteiger partial charge in [0, 0.05) is 24.0 Å². The van der Waals surface area contributed by atoms with E-state index < -0.39 is 6.04 Å². The molecule has 1 atom stereocenters. The largest absolute Gasteiger partial charge is 0.352 e. The molecular formula is C24H29ClN2O2. The molecule has 3 rings (SSSR count). The van der Waals surface area contributed by atoms with Crippen molar-refractivity contribution < 1.29 is 9.59 Å². The smallest absolute Gasteiger partial charge is 0.242 e. The average molecular weight is 413 g/mol. The first-order valence-electron chi connectivity index (χ1n) is 10.4. The van der Waals surface area contributed by atoms with E-state index in [1.807, 2.05) is 61.5 Å². The molecule has 5 heteroatoms. The van der Waals surface area contributed by atoms with Crippen LogP contribution in [0.4, 0.5) is 0 Å². The molecule has 1 aliphatic carbocycles. The van der Waals surface area contributed by atoms with Crippen LogP contribution < -0.4 is 5.32 Å². The number of hydrogen-bond acceptors (Lipinski definition) is 2. The van der Waals surface area contributed by atoms with E-state index in [-0.39, 0.29) is 17.9 Å². The topological polar surface area (TPSA) is 49.4 Å². The van der Waals surface area contributed by atoms with Gasteiger partial charge in [0.05, 0.1) is 0 Å². The number of rotatable bonds is 8. The molecule has 0 unspecified atom stereocenters. The number of carbonyl (C=O) groups is 2. The highest BCUT2D eigenvalue weighted by Gasteiger charge is 2.28. The second kappa shape index (κ2) is 10.4. The lowest BCUT2D eigenvalue weighted by molar-refractivity contribution is -0.140. The SMILES string of the molecule is C[C@H](C(=O)NC1CCCC1)N(Cc1cccc(Cl)c1)C(=O)CCc1ccccc1. The molecule has 1 fully saturated rings. The number of benzene rings is 2. The van der Waals surface area contributed by atoms with Crippen LogP contribution in [0.25, 0.3) is 0 Å². The zero-order chi connectivity index (χ0) is 20.6. The third kappa shape index (κ3) is 6.33. The fraction of sp³-hybridized carbons (Fsp3) is 0.417. The molecule has 1 saturated carbocycles. The summed E-state index contributed by atoms with van der Waals surface area (Å²) >= 11 is 6.12. The van der Waals surface area contributed by atoms with Crippen LogP contribution in [0.2, 0.25) is 5.02 Å². The van der Waals surface area contributed by atoms with Crippen LogP contribution >= 0.6 is 11.6 Å². The number of nitrogens with zero attached hydrogens (tertiary/aromatic N) is 1. The van der Waals surface area contributed by atoms with E-state index in [0.717, 1.165) is 36.8 Å². The molecule has 0 aromatic heterocycles. The van der Waals surface area contributed by atoms with Gasteiger partial charge in [0.25, 0.3) is 0 Å². The lowest BCUT2D eigenvalue weighted by atomic mass is 10.1. The van der Waals surface area contributed by atoms with E-state index in [9.17, 15) is 9.59 Å². The Hall–Kier alpha value is -2.33. The van der Waals surface area contributed by atoms with Crippen LogP contribution in [-0.4, -0.2) is 28.8 Å². The number of aryl methyl sites for hydroxylation is 1. The highest BCUT2D eigenvalue weighted by molar-refractivity contribution is 6.30. The van der Waals surface area contributed by atoms with Crippen LogP contribution in [0.15, 0.2) is 54.6 Å². The molecule has 0 bridgehead atoms. The summed E-state index contributed by atoms with van der Waals surface area (Å²) in [5, 5.41) is 3.75. The van der Waals surface area contributed by atoms with Crippen molar-refractivity contribution in [1.82, 2.24) is 10.2 Å². The zero-order valence-corrected chi connectivity index (χ0v) is 17.7. The first-order valence-corrected chi connectivity index (χ1v) is 10.8. The maximum Gasteiger partial charge on any atom is 0.242 e. The van der Waals surface area contributed by atoms with Gasteiger partial charge in [-0.25, -0.2) is 0 Å². The molecule has 2 aromatic carbocycles. The van der Waals surface area contributed by atoms with Gasteiger partial charge in [-0.15, -0.1) is 0 Å². The van der Waals surface area contributed by atoms with E-state index in [4.69, 9.17) is 11.6 Å². The van der Waals surface area contributed by atoms with E-state index >= 15 is 0 Å². The Bertz CT molecular complexity index is 819. The van der Waals surface area contributed by atoms with E-state index in [2.05, 4.69) is 5.32 Å². The number of nitrogens with one attached hydrogen (secondary N) is 1. The van der Waals surface area contributed by atoms with Gasteiger partial charge in [-0.3, -0.25) is 9.59 Å². The van der Waals surface area contributed by atoms with Crippen molar-refractivity contribution >= 4 is 23.4 Å². The minimum atomic E-state index is -0.530. The fourth-order valence-electron chi connectivity index (χ4n) is 3.85. The number of carbonyl (C=O) groups excluding carboxylic acids is 2. The number of hydrogen-bond donors (Lipinski definition) is 1. The summed E-state index contributed by atoms with van der Waals surface area (Å²) in [5.74, 6) is -0.102. The summed E-state index contributed by atoms with van der Waals surface area (Å²) < 4.78 is 0. The first kappa shape index (κ1) is 21.4. The van der Waals surface area contributed by atoms with Gasteiger partial charge >= 0.3 is 0 Å². The fourth-order valence-corrected chi connectivity index (χ4v) is 4.06. The molecule has 0 spiro atoms. The summed E-state index contributed by atoms with van der Waals surface area (Å²) in [6, 6.07) is 17.1. The van der Waals surface area contributed by atoms with Gasteiger partial charge in [-0.05, 0) is 49.4 Å². The predicted octanol–water partition coefficient (Wildman–Crippen LogP) is 4.75. The van der Waals surface area contributed by atoms with Gasteiger partial charge < -0.3 is 10.2 Å². The van der Waals surface area contributed by atoms with Crippen LogP contribution in [-0.2, 0) is 22.6 Å². The van der Waals surface area contributed by atoms with Gasteiger partial charge in [-0.1, -0.05) is 66.9 Å². The third-order valence-corrected chi connectivity index (χ3v) is 5.82. The summed E-state index contributed by atoms with van der Waals surface area (Å²) in [4.78, 5) is 27.6. The number of halogens is 1. The number of amides is 2. The van der Waals surface area contributed by atoms with Gasteiger partial charge in [0.2, 0.25) is 11.8 Å². The van der Waals surface area contributed by atoms with Gasteiger partial charge in [0.1, 0.15) is 6.04 Å². The lowest BCUT2D eigenvalue weighted by Crippen LogP contribution is -2.49. The van der Waals surface area contributed by atoms with Crippen molar-refractivity contribution in [3.63, 3.8) is 0 Å². The molecule has 1 N–H and O–H groups in total.